The first kappa shape index (κ1) is 20.2. The molecule has 0 bridgehead atoms. The summed E-state index contributed by atoms with van der Waals surface area (Å²) in [5, 5.41) is 16.1. The lowest BCUT2D eigenvalue weighted by molar-refractivity contribution is -0.141. The minimum Gasteiger partial charge on any atom is -0.491 e. The van der Waals surface area contributed by atoms with Gasteiger partial charge in [0.05, 0.1) is 0 Å². The molecule has 0 aliphatic rings. The topological polar surface area (TPSA) is 79.3 Å². The summed E-state index contributed by atoms with van der Waals surface area (Å²) in [4.78, 5) is 7.12. The van der Waals surface area contributed by atoms with Crippen LogP contribution in [0.3, 0.4) is 0 Å². The summed E-state index contributed by atoms with van der Waals surface area (Å²) in [6.07, 6.45) is -4.20. The summed E-state index contributed by atoms with van der Waals surface area (Å²) in [5.74, 6) is 0.491. The predicted octanol–water partition coefficient (Wildman–Crippen LogP) is 2.59. The van der Waals surface area contributed by atoms with Crippen LogP contribution in [-0.4, -0.2) is 47.4 Å². The number of hydrogen-bond acceptors (Lipinski definition) is 6. The summed E-state index contributed by atoms with van der Waals surface area (Å²) >= 11 is 5.76. The van der Waals surface area contributed by atoms with E-state index in [2.05, 4.69) is 20.6 Å². The molecule has 0 fully saturated rings. The molecule has 0 saturated heterocycles. The van der Waals surface area contributed by atoms with Crippen molar-refractivity contribution in [3.8, 4) is 5.75 Å². The second-order valence-corrected chi connectivity index (χ2v) is 5.75. The molecule has 1 aromatic carbocycles. The molecule has 26 heavy (non-hydrogen) atoms. The lowest BCUT2D eigenvalue weighted by atomic mass is 10.3. The number of hydrogen-bond donors (Lipinski definition) is 3. The van der Waals surface area contributed by atoms with E-state index < -0.39 is 18.0 Å². The zero-order valence-electron chi connectivity index (χ0n) is 13.6. The van der Waals surface area contributed by atoms with E-state index in [1.807, 2.05) is 0 Å². The van der Waals surface area contributed by atoms with E-state index in [0.717, 1.165) is 12.3 Å². The molecular formula is C16H18ClF3N4O2. The van der Waals surface area contributed by atoms with E-state index in [1.165, 1.54) is 0 Å². The highest BCUT2D eigenvalue weighted by Crippen LogP contribution is 2.27. The van der Waals surface area contributed by atoms with Crippen LogP contribution >= 0.6 is 11.6 Å². The van der Waals surface area contributed by atoms with Gasteiger partial charge in [-0.3, -0.25) is 0 Å². The average Bonchev–Trinajstić information content (AvgIpc) is 2.60. The van der Waals surface area contributed by atoms with Crippen molar-refractivity contribution in [3.63, 3.8) is 0 Å². The molecule has 1 unspecified atom stereocenters. The Balaban J connectivity index is 1.62. The number of nitrogens with zero attached hydrogens (tertiary/aromatic N) is 2. The number of aliphatic hydroxyl groups excluding tert-OH is 1. The van der Waals surface area contributed by atoms with E-state index in [1.54, 1.807) is 24.3 Å². The Hall–Kier alpha value is -2.10. The minimum absolute atomic E-state index is 0.0960. The van der Waals surface area contributed by atoms with E-state index in [0.29, 0.717) is 23.9 Å². The molecule has 0 spiro atoms. The highest BCUT2D eigenvalue weighted by molar-refractivity contribution is 6.30. The molecule has 1 heterocycles. The number of ether oxygens (including phenoxy) is 1. The van der Waals surface area contributed by atoms with Gasteiger partial charge in [-0.15, -0.1) is 0 Å². The maximum absolute atomic E-state index is 12.5. The maximum Gasteiger partial charge on any atom is 0.433 e. The van der Waals surface area contributed by atoms with Gasteiger partial charge in [-0.1, -0.05) is 11.6 Å². The molecule has 6 nitrogen and oxygen atoms in total. The lowest BCUT2D eigenvalue weighted by Crippen LogP contribution is -2.34. The molecule has 2 rings (SSSR count). The fraction of sp³-hybridized carbons (Fsp3) is 0.375. The molecule has 0 aliphatic heterocycles. The lowest BCUT2D eigenvalue weighted by Gasteiger charge is -2.13. The van der Waals surface area contributed by atoms with Gasteiger partial charge in [-0.25, -0.2) is 9.97 Å². The molecule has 142 valence electrons. The van der Waals surface area contributed by atoms with Crippen molar-refractivity contribution in [2.45, 2.75) is 12.3 Å². The summed E-state index contributed by atoms with van der Waals surface area (Å²) in [6.45, 7) is 1.06. The fourth-order valence-electron chi connectivity index (χ4n) is 1.92. The van der Waals surface area contributed by atoms with Crippen LogP contribution in [0.15, 0.2) is 36.5 Å². The number of aromatic nitrogens is 2. The van der Waals surface area contributed by atoms with Crippen LogP contribution in [0.4, 0.5) is 19.1 Å². The summed E-state index contributed by atoms with van der Waals surface area (Å²) < 4.78 is 43.0. The molecule has 0 radical (unpaired) electrons. The summed E-state index contributed by atoms with van der Waals surface area (Å²) in [5.41, 5.74) is -1.00. The van der Waals surface area contributed by atoms with Crippen LogP contribution in [-0.2, 0) is 6.18 Å². The van der Waals surface area contributed by atoms with Crippen molar-refractivity contribution < 1.29 is 23.0 Å². The predicted molar refractivity (Wildman–Crippen MR) is 91.3 cm³/mol. The van der Waals surface area contributed by atoms with Crippen molar-refractivity contribution >= 4 is 17.5 Å². The third kappa shape index (κ3) is 7.03. The number of alkyl halides is 3. The molecule has 1 atom stereocenters. The molecule has 0 saturated carbocycles. The molecule has 0 amide bonds. The van der Waals surface area contributed by atoms with Gasteiger partial charge in [0.25, 0.3) is 0 Å². The summed E-state index contributed by atoms with van der Waals surface area (Å²) in [6, 6.07) is 7.56. The van der Waals surface area contributed by atoms with Gasteiger partial charge in [0, 0.05) is 30.9 Å². The Morgan fingerprint density at radius 1 is 1.15 bits per heavy atom. The number of rotatable bonds is 9. The van der Waals surface area contributed by atoms with Crippen molar-refractivity contribution in [3.05, 3.63) is 47.2 Å². The largest absolute Gasteiger partial charge is 0.491 e. The molecule has 2 aromatic rings. The normalized spacial score (nSPS) is 12.7. The molecule has 3 N–H and O–H groups in total. The maximum atomic E-state index is 12.5. The number of nitrogens with one attached hydrogen (secondary N) is 2. The first-order valence-corrected chi connectivity index (χ1v) is 8.13. The van der Waals surface area contributed by atoms with Gasteiger partial charge in [0.15, 0.2) is 0 Å². The summed E-state index contributed by atoms with van der Waals surface area (Å²) in [7, 11) is 0. The van der Waals surface area contributed by atoms with Gasteiger partial charge < -0.3 is 20.5 Å². The van der Waals surface area contributed by atoms with Crippen LogP contribution < -0.4 is 15.4 Å². The molecular weight excluding hydrogens is 373 g/mol. The minimum atomic E-state index is -4.51. The van der Waals surface area contributed by atoms with Gasteiger partial charge in [0.2, 0.25) is 5.95 Å². The number of halogens is 4. The van der Waals surface area contributed by atoms with Crippen molar-refractivity contribution in [1.82, 2.24) is 15.3 Å². The van der Waals surface area contributed by atoms with Crippen molar-refractivity contribution in [2.75, 3.05) is 31.6 Å². The Labute approximate surface area is 153 Å². The van der Waals surface area contributed by atoms with Crippen LogP contribution in [0.25, 0.3) is 0 Å². The van der Waals surface area contributed by atoms with Crippen LogP contribution in [0.1, 0.15) is 5.69 Å². The Bertz CT molecular complexity index is 686. The zero-order chi connectivity index (χ0) is 19.0. The van der Waals surface area contributed by atoms with Crippen LogP contribution in [0, 0.1) is 0 Å². The first-order valence-electron chi connectivity index (χ1n) is 7.76. The highest BCUT2D eigenvalue weighted by atomic mass is 35.5. The Morgan fingerprint density at radius 2 is 1.88 bits per heavy atom. The monoisotopic (exact) mass is 390 g/mol. The van der Waals surface area contributed by atoms with Crippen LogP contribution in [0.2, 0.25) is 5.02 Å². The molecule has 0 aliphatic carbocycles. The first-order chi connectivity index (χ1) is 12.3. The number of aliphatic hydroxyl groups is 1. The Morgan fingerprint density at radius 3 is 2.58 bits per heavy atom. The van der Waals surface area contributed by atoms with Gasteiger partial charge in [-0.2, -0.15) is 13.2 Å². The average molecular weight is 391 g/mol. The van der Waals surface area contributed by atoms with Gasteiger partial charge in [-0.05, 0) is 30.3 Å². The van der Waals surface area contributed by atoms with Crippen molar-refractivity contribution in [2.24, 2.45) is 0 Å². The third-order valence-electron chi connectivity index (χ3n) is 3.17. The Kier molecular flexibility index (Phi) is 7.43. The number of anilines is 1. The van der Waals surface area contributed by atoms with E-state index in [4.69, 9.17) is 16.3 Å². The standard InChI is InChI=1S/C16H18ClF3N4O2/c17-11-1-3-13(4-2-11)26-10-12(25)9-21-7-8-23-15-22-6-5-14(24-15)16(18,19)20/h1-6,12,21,25H,7-10H2,(H,22,23,24). The SMILES string of the molecule is OC(CNCCNc1nccc(C(F)(F)F)n1)COc1ccc(Cl)cc1. The zero-order valence-corrected chi connectivity index (χ0v) is 14.4. The van der Waals surface area contributed by atoms with E-state index >= 15 is 0 Å². The molecule has 1 aromatic heterocycles. The molecule has 10 heteroatoms. The van der Waals surface area contributed by atoms with E-state index in [9.17, 15) is 18.3 Å². The van der Waals surface area contributed by atoms with Gasteiger partial charge >= 0.3 is 6.18 Å². The smallest absolute Gasteiger partial charge is 0.433 e. The van der Waals surface area contributed by atoms with E-state index in [-0.39, 0.29) is 19.1 Å². The number of benzene rings is 1. The third-order valence-corrected chi connectivity index (χ3v) is 3.42. The second kappa shape index (κ2) is 9.56. The fourth-order valence-corrected chi connectivity index (χ4v) is 2.04. The van der Waals surface area contributed by atoms with Gasteiger partial charge in [0.1, 0.15) is 24.2 Å². The van der Waals surface area contributed by atoms with Crippen molar-refractivity contribution in [1.29, 1.82) is 0 Å². The van der Waals surface area contributed by atoms with Crippen LogP contribution in [0.5, 0.6) is 5.75 Å². The quantitative estimate of drug-likeness (QED) is 0.571. The highest BCUT2D eigenvalue weighted by Gasteiger charge is 2.32. The second-order valence-electron chi connectivity index (χ2n) is 5.31.